The average molecular weight is 443 g/mol. The number of ether oxygens (including phenoxy) is 3. The molecule has 0 N–H and O–H groups in total. The van der Waals surface area contributed by atoms with Crippen molar-refractivity contribution in [1.29, 1.82) is 0 Å². The Bertz CT molecular complexity index is 1160. The number of esters is 1. The molecule has 31 heavy (non-hydrogen) atoms. The van der Waals surface area contributed by atoms with Gasteiger partial charge in [0.1, 0.15) is 18.2 Å². The van der Waals surface area contributed by atoms with Crippen molar-refractivity contribution >= 4 is 28.5 Å². The van der Waals surface area contributed by atoms with Gasteiger partial charge >= 0.3 is 5.97 Å². The highest BCUT2D eigenvalue weighted by Gasteiger charge is 2.24. The average Bonchev–Trinajstić information content (AvgIpc) is 2.73. The summed E-state index contributed by atoms with van der Waals surface area (Å²) in [6.45, 7) is 3.39. The number of nitrogens with zero attached hydrogens (tertiary/aromatic N) is 2. The predicted octanol–water partition coefficient (Wildman–Crippen LogP) is 4.18. The Balaban J connectivity index is 1.52. The van der Waals surface area contributed by atoms with Crippen LogP contribution >= 0.6 is 11.6 Å². The first kappa shape index (κ1) is 21.3. The van der Waals surface area contributed by atoms with Crippen molar-refractivity contribution in [1.82, 2.24) is 9.55 Å². The van der Waals surface area contributed by atoms with E-state index >= 15 is 0 Å². The molecule has 0 spiro atoms. The third-order valence-electron chi connectivity index (χ3n) is 5.16. The second-order valence-electron chi connectivity index (χ2n) is 7.47. The lowest BCUT2D eigenvalue weighted by Gasteiger charge is -2.29. The van der Waals surface area contributed by atoms with Crippen molar-refractivity contribution in [3.63, 3.8) is 0 Å². The molecule has 2 heterocycles. The van der Waals surface area contributed by atoms with Crippen molar-refractivity contribution in [2.75, 3.05) is 6.61 Å². The third-order valence-corrected chi connectivity index (χ3v) is 5.47. The number of carbonyl (C=O) groups excluding carboxylic acids is 1. The van der Waals surface area contributed by atoms with Gasteiger partial charge in [-0.15, -0.1) is 0 Å². The zero-order chi connectivity index (χ0) is 22.0. The molecule has 1 fully saturated rings. The van der Waals surface area contributed by atoms with Crippen LogP contribution < -0.4 is 10.3 Å². The fourth-order valence-electron chi connectivity index (χ4n) is 3.71. The first-order valence-corrected chi connectivity index (χ1v) is 10.5. The number of aryl methyl sites for hydroxylation is 1. The van der Waals surface area contributed by atoms with E-state index in [1.165, 1.54) is 11.5 Å². The molecule has 7 nitrogen and oxygen atoms in total. The van der Waals surface area contributed by atoms with E-state index < -0.39 is 6.29 Å². The molecule has 162 valence electrons. The van der Waals surface area contributed by atoms with Crippen LogP contribution in [0, 0.1) is 6.92 Å². The topological polar surface area (TPSA) is 79.7 Å². The number of rotatable bonds is 5. The van der Waals surface area contributed by atoms with Crippen LogP contribution in [0.15, 0.2) is 47.3 Å². The standard InChI is InChI=1S/C23H23ClN2O5/c1-14-25-20-7-4-6-19(24)22(20)23(28)26(14)16-9-11-17(12-10-16)30-21-8-3-5-18(31-21)13-29-15(2)27/h4,6-7,9-12,18,21H,3,5,8,13H2,1-2H3/t18-,21+/m0/s1. The number of fused-ring (bicyclic) bond motifs is 1. The molecule has 0 aliphatic carbocycles. The summed E-state index contributed by atoms with van der Waals surface area (Å²) in [5.41, 5.74) is 1.02. The van der Waals surface area contributed by atoms with E-state index in [2.05, 4.69) is 4.98 Å². The Morgan fingerprint density at radius 1 is 1.23 bits per heavy atom. The van der Waals surface area contributed by atoms with E-state index in [-0.39, 0.29) is 24.2 Å². The molecule has 2 atom stereocenters. The zero-order valence-corrected chi connectivity index (χ0v) is 18.1. The van der Waals surface area contributed by atoms with Crippen LogP contribution in [0.25, 0.3) is 16.6 Å². The zero-order valence-electron chi connectivity index (χ0n) is 17.3. The summed E-state index contributed by atoms with van der Waals surface area (Å²) in [4.78, 5) is 28.6. The molecule has 0 radical (unpaired) electrons. The normalized spacial score (nSPS) is 18.7. The second-order valence-corrected chi connectivity index (χ2v) is 7.87. The van der Waals surface area contributed by atoms with Crippen LogP contribution in [-0.2, 0) is 14.3 Å². The minimum atomic E-state index is -0.411. The van der Waals surface area contributed by atoms with E-state index in [1.54, 1.807) is 49.4 Å². The molecule has 1 saturated heterocycles. The van der Waals surface area contributed by atoms with Gasteiger partial charge in [0, 0.05) is 13.3 Å². The van der Waals surface area contributed by atoms with Gasteiger partial charge in [0.2, 0.25) is 0 Å². The van der Waals surface area contributed by atoms with Gasteiger partial charge in [-0.1, -0.05) is 17.7 Å². The summed E-state index contributed by atoms with van der Waals surface area (Å²) in [5.74, 6) is 0.869. The van der Waals surface area contributed by atoms with Gasteiger partial charge < -0.3 is 14.2 Å². The number of hydrogen-bond acceptors (Lipinski definition) is 6. The molecule has 0 amide bonds. The maximum Gasteiger partial charge on any atom is 0.302 e. The summed E-state index contributed by atoms with van der Waals surface area (Å²) in [6.07, 6.45) is 1.92. The fourth-order valence-corrected chi connectivity index (χ4v) is 3.96. The van der Waals surface area contributed by atoms with E-state index in [0.29, 0.717) is 33.2 Å². The van der Waals surface area contributed by atoms with Gasteiger partial charge in [-0.2, -0.15) is 0 Å². The van der Waals surface area contributed by atoms with Gasteiger partial charge in [-0.3, -0.25) is 14.2 Å². The number of benzene rings is 2. The first-order chi connectivity index (χ1) is 14.9. The molecule has 0 bridgehead atoms. The van der Waals surface area contributed by atoms with Crippen molar-refractivity contribution in [3.8, 4) is 11.4 Å². The molecule has 1 aliphatic rings. The lowest BCUT2D eigenvalue weighted by Crippen LogP contribution is -2.34. The number of hydrogen-bond donors (Lipinski definition) is 0. The van der Waals surface area contributed by atoms with Crippen molar-refractivity contribution < 1.29 is 19.0 Å². The Kier molecular flexibility index (Phi) is 6.25. The quantitative estimate of drug-likeness (QED) is 0.551. The molecule has 0 saturated carbocycles. The van der Waals surface area contributed by atoms with Crippen LogP contribution in [-0.4, -0.2) is 34.5 Å². The van der Waals surface area contributed by atoms with Crippen LogP contribution in [0.1, 0.15) is 32.0 Å². The van der Waals surface area contributed by atoms with Crippen LogP contribution in [0.5, 0.6) is 5.75 Å². The van der Waals surface area contributed by atoms with Gasteiger partial charge in [0.05, 0.1) is 27.7 Å². The largest absolute Gasteiger partial charge is 0.465 e. The number of aromatic nitrogens is 2. The number of halogens is 1. The van der Waals surface area contributed by atoms with Gasteiger partial charge in [-0.25, -0.2) is 4.98 Å². The van der Waals surface area contributed by atoms with Gasteiger partial charge in [0.15, 0.2) is 6.29 Å². The number of carbonyl (C=O) groups is 1. The highest BCUT2D eigenvalue weighted by atomic mass is 35.5. The van der Waals surface area contributed by atoms with Crippen LogP contribution in [0.4, 0.5) is 0 Å². The van der Waals surface area contributed by atoms with E-state index in [4.69, 9.17) is 25.8 Å². The molecular weight excluding hydrogens is 420 g/mol. The van der Waals surface area contributed by atoms with E-state index in [0.717, 1.165) is 19.3 Å². The SMILES string of the molecule is CC(=O)OC[C@@H]1CCC[C@H](Oc2ccc(-n3c(C)nc4cccc(Cl)c4c3=O)cc2)O1. The monoisotopic (exact) mass is 442 g/mol. The summed E-state index contributed by atoms with van der Waals surface area (Å²) in [6, 6.07) is 12.4. The minimum Gasteiger partial charge on any atom is -0.465 e. The molecular formula is C23H23ClN2O5. The lowest BCUT2D eigenvalue weighted by molar-refractivity contribution is -0.172. The predicted molar refractivity (Wildman–Crippen MR) is 117 cm³/mol. The van der Waals surface area contributed by atoms with Crippen LogP contribution in [0.2, 0.25) is 5.02 Å². The highest BCUT2D eigenvalue weighted by Crippen LogP contribution is 2.25. The third kappa shape index (κ3) is 4.73. The maximum absolute atomic E-state index is 13.1. The molecule has 0 unspecified atom stereocenters. The Morgan fingerprint density at radius 3 is 2.74 bits per heavy atom. The summed E-state index contributed by atoms with van der Waals surface area (Å²) >= 11 is 6.24. The van der Waals surface area contributed by atoms with Crippen molar-refractivity contribution in [2.45, 2.75) is 45.5 Å². The van der Waals surface area contributed by atoms with Crippen molar-refractivity contribution in [2.24, 2.45) is 0 Å². The smallest absolute Gasteiger partial charge is 0.302 e. The molecule has 1 aromatic heterocycles. The second kappa shape index (κ2) is 9.08. The first-order valence-electron chi connectivity index (χ1n) is 10.2. The summed E-state index contributed by atoms with van der Waals surface area (Å²) < 4.78 is 18.4. The summed E-state index contributed by atoms with van der Waals surface area (Å²) in [5, 5.41) is 0.769. The molecule has 8 heteroatoms. The molecule has 2 aromatic carbocycles. The maximum atomic E-state index is 13.1. The fraction of sp³-hybridized carbons (Fsp3) is 0.348. The minimum absolute atomic E-state index is 0.170. The lowest BCUT2D eigenvalue weighted by atomic mass is 10.1. The Labute approximate surface area is 184 Å². The van der Waals surface area contributed by atoms with Gasteiger partial charge in [-0.05, 0) is 56.2 Å². The molecule has 3 aromatic rings. The van der Waals surface area contributed by atoms with Crippen LogP contribution in [0.3, 0.4) is 0 Å². The Morgan fingerprint density at radius 2 is 2.00 bits per heavy atom. The van der Waals surface area contributed by atoms with E-state index in [1.807, 2.05) is 0 Å². The Hall–Kier alpha value is -2.90. The molecule has 4 rings (SSSR count). The van der Waals surface area contributed by atoms with Gasteiger partial charge in [0.25, 0.3) is 5.56 Å². The molecule has 1 aliphatic heterocycles. The van der Waals surface area contributed by atoms with Crippen molar-refractivity contribution in [3.05, 3.63) is 63.7 Å². The van der Waals surface area contributed by atoms with E-state index in [9.17, 15) is 9.59 Å². The highest BCUT2D eigenvalue weighted by molar-refractivity contribution is 6.35. The summed E-state index contributed by atoms with van der Waals surface area (Å²) in [7, 11) is 0.